The third-order valence-electron chi connectivity index (χ3n) is 3.43. The number of nitrogens with zero attached hydrogens (tertiary/aromatic N) is 1. The van der Waals surface area contributed by atoms with Crippen LogP contribution in [0.3, 0.4) is 0 Å². The molecule has 1 aromatic carbocycles. The second-order valence-electron chi connectivity index (χ2n) is 5.91. The summed E-state index contributed by atoms with van der Waals surface area (Å²) in [4.78, 5) is 13.8. The minimum Gasteiger partial charge on any atom is -0.376 e. The van der Waals surface area contributed by atoms with E-state index < -0.39 is 0 Å². The number of amides is 2. The van der Waals surface area contributed by atoms with Gasteiger partial charge in [-0.25, -0.2) is 4.79 Å². The summed E-state index contributed by atoms with van der Waals surface area (Å²) in [7, 11) is 0. The Bertz CT molecular complexity index is 531. The lowest BCUT2D eigenvalue weighted by Crippen LogP contribution is -2.39. The summed E-state index contributed by atoms with van der Waals surface area (Å²) < 4.78 is 5.78. The van der Waals surface area contributed by atoms with Crippen molar-refractivity contribution in [2.45, 2.75) is 26.4 Å². The summed E-state index contributed by atoms with van der Waals surface area (Å²) in [6.45, 7) is 6.80. The van der Waals surface area contributed by atoms with E-state index in [0.29, 0.717) is 19.0 Å². The summed E-state index contributed by atoms with van der Waals surface area (Å²) in [5.74, 6) is 6.52. The molecule has 4 nitrogen and oxygen atoms in total. The van der Waals surface area contributed by atoms with Crippen molar-refractivity contribution in [3.05, 3.63) is 35.9 Å². The molecule has 0 unspecified atom stereocenters. The summed E-state index contributed by atoms with van der Waals surface area (Å²) >= 11 is 0. The first-order chi connectivity index (χ1) is 10.6. The number of likely N-dealkylation sites (tertiary alicyclic amines) is 1. The average Bonchev–Trinajstić information content (AvgIpc) is 2.99. The average molecular weight is 300 g/mol. The van der Waals surface area contributed by atoms with Crippen molar-refractivity contribution in [1.29, 1.82) is 0 Å². The van der Waals surface area contributed by atoms with Gasteiger partial charge in [-0.2, -0.15) is 0 Å². The zero-order chi connectivity index (χ0) is 15.8. The van der Waals surface area contributed by atoms with Crippen LogP contribution in [0.1, 0.15) is 25.8 Å². The van der Waals surface area contributed by atoms with Crippen molar-refractivity contribution in [2.24, 2.45) is 5.92 Å². The molecule has 0 spiro atoms. The molecule has 1 heterocycles. The molecule has 1 N–H and O–H groups in total. The van der Waals surface area contributed by atoms with Crippen LogP contribution in [-0.2, 0) is 4.74 Å². The number of hydrogen-bond donors (Lipinski definition) is 1. The van der Waals surface area contributed by atoms with Gasteiger partial charge in [-0.15, -0.1) is 0 Å². The smallest absolute Gasteiger partial charge is 0.318 e. The number of benzene rings is 1. The van der Waals surface area contributed by atoms with Gasteiger partial charge in [0.1, 0.15) is 0 Å². The van der Waals surface area contributed by atoms with E-state index >= 15 is 0 Å². The van der Waals surface area contributed by atoms with E-state index in [0.717, 1.165) is 25.1 Å². The minimum atomic E-state index is -0.0574. The quantitative estimate of drug-likeness (QED) is 0.868. The Morgan fingerprint density at radius 1 is 1.41 bits per heavy atom. The van der Waals surface area contributed by atoms with E-state index in [1.165, 1.54) is 0 Å². The van der Waals surface area contributed by atoms with Gasteiger partial charge in [-0.1, -0.05) is 43.9 Å². The SMILES string of the molecule is CC(C)CO[C@H]1CCN(C(=O)NCC#Cc2ccccc2)C1. The van der Waals surface area contributed by atoms with Gasteiger partial charge in [-0.05, 0) is 24.5 Å². The van der Waals surface area contributed by atoms with Crippen LogP contribution in [0.2, 0.25) is 0 Å². The van der Waals surface area contributed by atoms with E-state index in [2.05, 4.69) is 31.0 Å². The molecule has 1 aliphatic rings. The number of carbonyl (C=O) groups is 1. The molecule has 0 aliphatic carbocycles. The van der Waals surface area contributed by atoms with Crippen molar-refractivity contribution in [2.75, 3.05) is 26.2 Å². The van der Waals surface area contributed by atoms with Crippen molar-refractivity contribution in [3.63, 3.8) is 0 Å². The first-order valence-electron chi connectivity index (χ1n) is 7.83. The first-order valence-corrected chi connectivity index (χ1v) is 7.83. The Balaban J connectivity index is 1.69. The van der Waals surface area contributed by atoms with Crippen molar-refractivity contribution >= 4 is 6.03 Å². The van der Waals surface area contributed by atoms with E-state index in [1.807, 2.05) is 30.3 Å². The summed E-state index contributed by atoms with van der Waals surface area (Å²) in [5, 5.41) is 2.84. The van der Waals surface area contributed by atoms with Crippen LogP contribution in [0, 0.1) is 17.8 Å². The zero-order valence-electron chi connectivity index (χ0n) is 13.3. The molecule has 0 aromatic heterocycles. The lowest BCUT2D eigenvalue weighted by Gasteiger charge is -2.17. The van der Waals surface area contributed by atoms with E-state index in [9.17, 15) is 4.79 Å². The molecule has 2 amide bonds. The molecular formula is C18H24N2O2. The van der Waals surface area contributed by atoms with Crippen LogP contribution >= 0.6 is 0 Å². The monoisotopic (exact) mass is 300 g/mol. The molecule has 1 saturated heterocycles. The van der Waals surface area contributed by atoms with E-state index in [-0.39, 0.29) is 12.1 Å². The maximum absolute atomic E-state index is 12.0. The standard InChI is InChI=1S/C18H24N2O2/c1-15(2)14-22-17-10-12-20(13-17)18(21)19-11-6-9-16-7-4-3-5-8-16/h3-5,7-8,15,17H,10-14H2,1-2H3,(H,19,21)/t17-/m0/s1. The van der Waals surface area contributed by atoms with E-state index in [1.54, 1.807) is 4.90 Å². The van der Waals surface area contributed by atoms with Gasteiger partial charge < -0.3 is 15.0 Å². The summed E-state index contributed by atoms with van der Waals surface area (Å²) in [5.41, 5.74) is 0.958. The Morgan fingerprint density at radius 3 is 2.91 bits per heavy atom. The predicted molar refractivity (Wildman–Crippen MR) is 87.5 cm³/mol. The van der Waals surface area contributed by atoms with Gasteiger partial charge in [-0.3, -0.25) is 0 Å². The molecule has 1 aromatic rings. The maximum Gasteiger partial charge on any atom is 0.318 e. The molecule has 1 fully saturated rings. The molecule has 0 saturated carbocycles. The van der Waals surface area contributed by atoms with Crippen LogP contribution in [0.4, 0.5) is 4.79 Å². The summed E-state index contributed by atoms with van der Waals surface area (Å²) in [6.07, 6.45) is 1.08. The molecule has 0 radical (unpaired) electrons. The topological polar surface area (TPSA) is 41.6 Å². The van der Waals surface area contributed by atoms with Crippen molar-refractivity contribution in [3.8, 4) is 11.8 Å². The van der Waals surface area contributed by atoms with Crippen LogP contribution < -0.4 is 5.32 Å². The molecule has 1 atom stereocenters. The van der Waals surface area contributed by atoms with Gasteiger partial charge in [0.05, 0.1) is 12.6 Å². The predicted octanol–water partition coefficient (Wildman–Crippen LogP) is 2.49. The Kier molecular flexibility index (Phi) is 6.29. The fraction of sp³-hybridized carbons (Fsp3) is 0.500. The zero-order valence-corrected chi connectivity index (χ0v) is 13.3. The molecular weight excluding hydrogens is 276 g/mol. The summed E-state index contributed by atoms with van der Waals surface area (Å²) in [6, 6.07) is 9.70. The van der Waals surface area contributed by atoms with Crippen LogP contribution in [0.15, 0.2) is 30.3 Å². The van der Waals surface area contributed by atoms with Gasteiger partial charge in [0.2, 0.25) is 0 Å². The van der Waals surface area contributed by atoms with Crippen LogP contribution in [-0.4, -0.2) is 43.3 Å². The largest absolute Gasteiger partial charge is 0.376 e. The van der Waals surface area contributed by atoms with Gasteiger partial charge >= 0.3 is 6.03 Å². The Hall–Kier alpha value is -1.99. The molecule has 0 bridgehead atoms. The van der Waals surface area contributed by atoms with Crippen molar-refractivity contribution < 1.29 is 9.53 Å². The highest BCUT2D eigenvalue weighted by molar-refractivity contribution is 5.74. The molecule has 118 valence electrons. The number of nitrogens with one attached hydrogen (secondary N) is 1. The van der Waals surface area contributed by atoms with E-state index in [4.69, 9.17) is 4.74 Å². The normalized spacial score (nSPS) is 17.2. The van der Waals surface area contributed by atoms with Crippen LogP contribution in [0.5, 0.6) is 0 Å². The lowest BCUT2D eigenvalue weighted by atomic mass is 10.2. The fourth-order valence-electron chi connectivity index (χ4n) is 2.28. The molecule has 2 rings (SSSR count). The second-order valence-corrected chi connectivity index (χ2v) is 5.91. The molecule has 22 heavy (non-hydrogen) atoms. The number of rotatable bonds is 4. The maximum atomic E-state index is 12.0. The van der Waals surface area contributed by atoms with Gasteiger partial charge in [0.25, 0.3) is 0 Å². The number of carbonyl (C=O) groups excluding carboxylic acids is 1. The Labute approximate surface area is 132 Å². The van der Waals surface area contributed by atoms with Crippen molar-refractivity contribution in [1.82, 2.24) is 10.2 Å². The number of urea groups is 1. The second kappa shape index (κ2) is 8.45. The number of hydrogen-bond acceptors (Lipinski definition) is 2. The molecule has 1 aliphatic heterocycles. The highest BCUT2D eigenvalue weighted by Gasteiger charge is 2.26. The number of ether oxygens (including phenoxy) is 1. The first kappa shape index (κ1) is 16.4. The third kappa shape index (κ3) is 5.42. The minimum absolute atomic E-state index is 0.0574. The Morgan fingerprint density at radius 2 is 2.18 bits per heavy atom. The lowest BCUT2D eigenvalue weighted by molar-refractivity contribution is 0.0436. The van der Waals surface area contributed by atoms with Crippen LogP contribution in [0.25, 0.3) is 0 Å². The fourth-order valence-corrected chi connectivity index (χ4v) is 2.28. The highest BCUT2D eigenvalue weighted by Crippen LogP contribution is 2.13. The third-order valence-corrected chi connectivity index (χ3v) is 3.43. The van der Waals surface area contributed by atoms with Gasteiger partial charge in [0, 0.05) is 25.3 Å². The highest BCUT2D eigenvalue weighted by atomic mass is 16.5. The van der Waals surface area contributed by atoms with Gasteiger partial charge in [0.15, 0.2) is 0 Å². The molecule has 4 heteroatoms.